The van der Waals surface area contributed by atoms with E-state index in [-0.39, 0.29) is 0 Å². The Morgan fingerprint density at radius 1 is 0.789 bits per heavy atom. The number of hydrogen-bond donors (Lipinski definition) is 0. The van der Waals surface area contributed by atoms with Crippen LogP contribution in [0, 0.1) is 13.8 Å². The average Bonchev–Trinajstić information content (AvgIpc) is 2.43. The van der Waals surface area contributed by atoms with Crippen molar-refractivity contribution in [1.29, 1.82) is 0 Å². The summed E-state index contributed by atoms with van der Waals surface area (Å²) in [6, 6.07) is 15.7. The highest BCUT2D eigenvalue weighted by Crippen LogP contribution is 2.00. The number of nitrogens with zero attached hydrogens (tertiary/aromatic N) is 1. The van der Waals surface area contributed by atoms with Crippen molar-refractivity contribution in [3.05, 3.63) is 70.8 Å². The van der Waals surface area contributed by atoms with E-state index in [9.17, 15) is 4.79 Å². The molecular weight excluding hydrogens is 234 g/mol. The van der Waals surface area contributed by atoms with Crippen LogP contribution < -0.4 is 0 Å². The number of carbonyl (C=O) groups is 1. The van der Waals surface area contributed by atoms with E-state index in [1.165, 1.54) is 11.1 Å². The van der Waals surface area contributed by atoms with Gasteiger partial charge in [0, 0.05) is 18.8 Å². The zero-order valence-electron chi connectivity index (χ0n) is 11.6. The van der Waals surface area contributed by atoms with Gasteiger partial charge in [-0.05, 0) is 19.4 Å². The fourth-order valence-electron chi connectivity index (χ4n) is 1.45. The Morgan fingerprint density at radius 3 is 1.58 bits per heavy atom. The number of carbonyl (C=O) groups excluding carboxylic acids is 1. The number of aryl methyl sites for hydroxylation is 2. The van der Waals surface area contributed by atoms with Gasteiger partial charge in [-0.25, -0.2) is 0 Å². The average molecular weight is 253 g/mol. The normalized spacial score (nSPS) is 9.84. The summed E-state index contributed by atoms with van der Waals surface area (Å²) in [6.07, 6.45) is 2.69. The van der Waals surface area contributed by atoms with E-state index in [2.05, 4.69) is 36.2 Å². The minimum Gasteiger partial charge on any atom is -0.298 e. The molecule has 0 fully saturated rings. The molecular formula is C17H19NO. The molecule has 0 atom stereocenters. The zero-order chi connectivity index (χ0) is 14.1. The van der Waals surface area contributed by atoms with Crippen LogP contribution in [0.15, 0.2) is 53.5 Å². The second-order valence-electron chi connectivity index (χ2n) is 4.33. The Labute approximate surface area is 114 Å². The predicted molar refractivity (Wildman–Crippen MR) is 81.3 cm³/mol. The van der Waals surface area contributed by atoms with Gasteiger partial charge in [0.1, 0.15) is 6.29 Å². The number of benzene rings is 2. The molecule has 0 aliphatic rings. The van der Waals surface area contributed by atoms with Crippen molar-refractivity contribution in [3.8, 4) is 0 Å². The third-order valence-electron chi connectivity index (χ3n) is 2.57. The van der Waals surface area contributed by atoms with Crippen LogP contribution in [0.3, 0.4) is 0 Å². The van der Waals surface area contributed by atoms with Crippen molar-refractivity contribution in [3.63, 3.8) is 0 Å². The summed E-state index contributed by atoms with van der Waals surface area (Å²) in [5, 5.41) is 0. The second kappa shape index (κ2) is 7.98. The van der Waals surface area contributed by atoms with Crippen molar-refractivity contribution in [2.45, 2.75) is 13.8 Å². The molecule has 0 aliphatic carbocycles. The maximum atomic E-state index is 10.1. The van der Waals surface area contributed by atoms with Gasteiger partial charge < -0.3 is 0 Å². The van der Waals surface area contributed by atoms with Crippen molar-refractivity contribution in [2.75, 3.05) is 7.05 Å². The maximum Gasteiger partial charge on any atom is 0.150 e. The van der Waals surface area contributed by atoms with Crippen LogP contribution in [0.5, 0.6) is 0 Å². The smallest absolute Gasteiger partial charge is 0.150 e. The molecule has 0 amide bonds. The number of aldehydes is 1. The van der Waals surface area contributed by atoms with Gasteiger partial charge in [-0.15, -0.1) is 0 Å². The second-order valence-corrected chi connectivity index (χ2v) is 4.33. The first-order valence-electron chi connectivity index (χ1n) is 6.16. The third kappa shape index (κ3) is 5.77. The number of aliphatic imine (C=N–C) groups is 1. The Morgan fingerprint density at radius 2 is 1.21 bits per heavy atom. The van der Waals surface area contributed by atoms with E-state index in [1.54, 1.807) is 7.05 Å². The minimum atomic E-state index is 0.737. The lowest BCUT2D eigenvalue weighted by Gasteiger charge is -1.91. The molecule has 0 bridgehead atoms. The highest BCUT2D eigenvalue weighted by molar-refractivity contribution is 5.79. The highest BCUT2D eigenvalue weighted by Gasteiger charge is 1.85. The van der Waals surface area contributed by atoms with Crippen LogP contribution in [-0.4, -0.2) is 19.5 Å². The first kappa shape index (κ1) is 14.8. The molecule has 0 saturated carbocycles. The van der Waals surface area contributed by atoms with Gasteiger partial charge in [0.2, 0.25) is 0 Å². The molecule has 0 aromatic heterocycles. The summed E-state index contributed by atoms with van der Waals surface area (Å²) in [5.41, 5.74) is 4.36. The quantitative estimate of drug-likeness (QED) is 0.590. The summed E-state index contributed by atoms with van der Waals surface area (Å²) in [5.74, 6) is 0. The molecule has 2 aromatic carbocycles. The van der Waals surface area contributed by atoms with Gasteiger partial charge >= 0.3 is 0 Å². The van der Waals surface area contributed by atoms with E-state index in [0.29, 0.717) is 0 Å². The lowest BCUT2D eigenvalue weighted by molar-refractivity contribution is 0.112. The van der Waals surface area contributed by atoms with E-state index >= 15 is 0 Å². The molecule has 0 unspecified atom stereocenters. The minimum absolute atomic E-state index is 0.737. The zero-order valence-corrected chi connectivity index (χ0v) is 11.6. The monoisotopic (exact) mass is 253 g/mol. The molecule has 0 radical (unpaired) electrons. The van der Waals surface area contributed by atoms with Gasteiger partial charge in [-0.3, -0.25) is 9.79 Å². The lowest BCUT2D eigenvalue weighted by Crippen LogP contribution is -1.79. The molecule has 2 aromatic rings. The Bertz CT molecular complexity index is 524. The first-order valence-corrected chi connectivity index (χ1v) is 6.16. The molecule has 2 rings (SSSR count). The highest BCUT2D eigenvalue weighted by atomic mass is 16.1. The van der Waals surface area contributed by atoms with Crippen molar-refractivity contribution < 1.29 is 4.79 Å². The first-order chi connectivity index (χ1) is 9.15. The molecule has 0 aliphatic heterocycles. The Kier molecular flexibility index (Phi) is 6.23. The van der Waals surface area contributed by atoms with Crippen LogP contribution >= 0.6 is 0 Å². The molecule has 0 heterocycles. The maximum absolute atomic E-state index is 10.1. The molecule has 0 N–H and O–H groups in total. The fourth-order valence-corrected chi connectivity index (χ4v) is 1.45. The topological polar surface area (TPSA) is 29.4 Å². The van der Waals surface area contributed by atoms with Crippen LogP contribution in [0.4, 0.5) is 0 Å². The summed E-state index contributed by atoms with van der Waals surface area (Å²) >= 11 is 0. The standard InChI is InChI=1S/C9H11N.C8H8O/c1-8-3-5-9(6-4-8)7-10-2;1-7-2-4-8(6-9)5-3-7/h3-7H,1-2H3;2-6H,1H3. The fraction of sp³-hybridized carbons (Fsp3) is 0.176. The molecule has 19 heavy (non-hydrogen) atoms. The summed E-state index contributed by atoms with van der Waals surface area (Å²) in [6.45, 7) is 4.07. The van der Waals surface area contributed by atoms with Gasteiger partial charge in [0.15, 0.2) is 0 Å². The van der Waals surface area contributed by atoms with Gasteiger partial charge in [-0.2, -0.15) is 0 Å². The van der Waals surface area contributed by atoms with Crippen molar-refractivity contribution in [1.82, 2.24) is 0 Å². The van der Waals surface area contributed by atoms with Crippen LogP contribution in [0.25, 0.3) is 0 Å². The largest absolute Gasteiger partial charge is 0.298 e. The molecule has 2 heteroatoms. The van der Waals surface area contributed by atoms with E-state index < -0.39 is 0 Å². The Hall–Kier alpha value is -2.22. The van der Waals surface area contributed by atoms with Crippen molar-refractivity contribution >= 4 is 12.5 Å². The van der Waals surface area contributed by atoms with Crippen LogP contribution in [0.1, 0.15) is 27.0 Å². The van der Waals surface area contributed by atoms with Gasteiger partial charge in [0.05, 0.1) is 0 Å². The molecule has 0 spiro atoms. The van der Waals surface area contributed by atoms with E-state index in [4.69, 9.17) is 0 Å². The SMILES string of the molecule is CN=Cc1ccc(C)cc1.Cc1ccc(C=O)cc1. The van der Waals surface area contributed by atoms with Crippen LogP contribution in [0.2, 0.25) is 0 Å². The summed E-state index contributed by atoms with van der Waals surface area (Å²) in [4.78, 5) is 14.0. The number of rotatable bonds is 2. The lowest BCUT2D eigenvalue weighted by atomic mass is 10.2. The summed E-state index contributed by atoms with van der Waals surface area (Å²) < 4.78 is 0. The van der Waals surface area contributed by atoms with Gasteiger partial charge in [-0.1, -0.05) is 59.7 Å². The van der Waals surface area contributed by atoms with Crippen LogP contribution in [-0.2, 0) is 0 Å². The van der Waals surface area contributed by atoms with E-state index in [0.717, 1.165) is 17.4 Å². The summed E-state index contributed by atoms with van der Waals surface area (Å²) in [7, 11) is 1.78. The number of hydrogen-bond acceptors (Lipinski definition) is 2. The molecule has 0 saturated heterocycles. The van der Waals surface area contributed by atoms with Gasteiger partial charge in [0.25, 0.3) is 0 Å². The Balaban J connectivity index is 0.000000191. The molecule has 2 nitrogen and oxygen atoms in total. The third-order valence-corrected chi connectivity index (χ3v) is 2.57. The van der Waals surface area contributed by atoms with Crippen molar-refractivity contribution in [2.24, 2.45) is 4.99 Å². The molecule has 98 valence electrons. The van der Waals surface area contributed by atoms with E-state index in [1.807, 2.05) is 37.4 Å². The predicted octanol–water partition coefficient (Wildman–Crippen LogP) is 3.85.